The largest absolute Gasteiger partial charge is 0.391 e. The van der Waals surface area contributed by atoms with Gasteiger partial charge in [-0.1, -0.05) is 5.21 Å². The van der Waals surface area contributed by atoms with Crippen molar-refractivity contribution >= 4 is 0 Å². The van der Waals surface area contributed by atoms with E-state index >= 15 is 0 Å². The van der Waals surface area contributed by atoms with Crippen LogP contribution in [0.15, 0.2) is 12.4 Å². The van der Waals surface area contributed by atoms with Gasteiger partial charge in [-0.15, -0.1) is 5.10 Å². The molecule has 1 radical (unpaired) electrons. The summed E-state index contributed by atoms with van der Waals surface area (Å²) < 4.78 is 1.53. The smallest absolute Gasteiger partial charge is 0.0737 e. The van der Waals surface area contributed by atoms with Crippen LogP contribution in [0.25, 0.3) is 0 Å². The van der Waals surface area contributed by atoms with Crippen LogP contribution in [0.3, 0.4) is 0 Å². The highest BCUT2D eigenvalue weighted by Crippen LogP contribution is 1.85. The van der Waals surface area contributed by atoms with Crippen molar-refractivity contribution in [2.24, 2.45) is 0 Å². The molecule has 0 saturated heterocycles. The van der Waals surface area contributed by atoms with E-state index in [0.717, 1.165) is 0 Å². The average Bonchev–Trinajstić information content (AvgIpc) is 2.15. The molecule has 0 spiro atoms. The Bertz CT molecular complexity index is 159. The molecular weight excluding hydrogens is 118 g/mol. The van der Waals surface area contributed by atoms with Gasteiger partial charge in [0.05, 0.1) is 18.8 Å². The topological polar surface area (TPSA) is 50.9 Å². The maximum absolute atomic E-state index is 8.72. The summed E-state index contributed by atoms with van der Waals surface area (Å²) in [4.78, 5) is 0. The van der Waals surface area contributed by atoms with Crippen LogP contribution in [0.5, 0.6) is 0 Å². The highest BCUT2D eigenvalue weighted by Gasteiger charge is 1.95. The van der Waals surface area contributed by atoms with Gasteiger partial charge < -0.3 is 5.11 Å². The van der Waals surface area contributed by atoms with Crippen molar-refractivity contribution in [1.82, 2.24) is 15.0 Å². The Balaban J connectivity index is 2.48. The van der Waals surface area contributed by atoms with Gasteiger partial charge in [0.15, 0.2) is 0 Å². The number of aliphatic hydroxyl groups excluding tert-OH is 1. The molecule has 1 atom stereocenters. The van der Waals surface area contributed by atoms with Crippen LogP contribution in [0.1, 0.15) is 0 Å². The van der Waals surface area contributed by atoms with Crippen molar-refractivity contribution in [2.45, 2.75) is 12.6 Å². The Morgan fingerprint density at radius 2 is 2.56 bits per heavy atom. The first-order valence-electron chi connectivity index (χ1n) is 2.64. The summed E-state index contributed by atoms with van der Waals surface area (Å²) in [6.07, 6.45) is 2.63. The standard InChI is InChI=1S/C5H8N3O/c1-5(9)4-8-3-2-6-7-8/h2-3,5,9H,1,4H2. The third-order valence-electron chi connectivity index (χ3n) is 0.870. The third-order valence-corrected chi connectivity index (χ3v) is 0.870. The van der Waals surface area contributed by atoms with Crippen molar-refractivity contribution < 1.29 is 5.11 Å². The molecule has 0 aliphatic rings. The molecule has 0 amide bonds. The molecular formula is C5H8N3O. The van der Waals surface area contributed by atoms with Crippen molar-refractivity contribution in [3.63, 3.8) is 0 Å². The minimum atomic E-state index is -0.605. The molecule has 0 aliphatic carbocycles. The summed E-state index contributed by atoms with van der Waals surface area (Å²) >= 11 is 0. The van der Waals surface area contributed by atoms with Crippen molar-refractivity contribution in [2.75, 3.05) is 0 Å². The fraction of sp³-hybridized carbons (Fsp3) is 0.400. The van der Waals surface area contributed by atoms with Gasteiger partial charge >= 0.3 is 0 Å². The van der Waals surface area contributed by atoms with Gasteiger partial charge in [-0.3, -0.25) is 0 Å². The quantitative estimate of drug-likeness (QED) is 0.579. The molecule has 4 nitrogen and oxygen atoms in total. The average molecular weight is 126 g/mol. The molecule has 1 rings (SSSR count). The number of rotatable bonds is 2. The summed E-state index contributed by atoms with van der Waals surface area (Å²) in [7, 11) is 0. The molecule has 1 unspecified atom stereocenters. The van der Waals surface area contributed by atoms with Gasteiger partial charge in [0, 0.05) is 6.20 Å². The first-order chi connectivity index (χ1) is 4.29. The summed E-state index contributed by atoms with van der Waals surface area (Å²) in [6.45, 7) is 3.78. The molecule has 1 aromatic heterocycles. The Labute approximate surface area is 53.1 Å². The summed E-state index contributed by atoms with van der Waals surface area (Å²) in [5, 5.41) is 15.9. The number of hydrogen-bond donors (Lipinski definition) is 1. The lowest BCUT2D eigenvalue weighted by Gasteiger charge is -2.00. The number of hydrogen-bond acceptors (Lipinski definition) is 3. The van der Waals surface area contributed by atoms with Gasteiger partial charge in [-0.2, -0.15) is 0 Å². The molecule has 1 aromatic rings. The molecule has 0 fully saturated rings. The Morgan fingerprint density at radius 3 is 3.00 bits per heavy atom. The zero-order valence-corrected chi connectivity index (χ0v) is 4.94. The van der Waals surface area contributed by atoms with Gasteiger partial charge in [0.1, 0.15) is 0 Å². The minimum Gasteiger partial charge on any atom is -0.391 e. The fourth-order valence-electron chi connectivity index (χ4n) is 0.546. The molecule has 0 aliphatic heterocycles. The number of aromatic nitrogens is 3. The second-order valence-corrected chi connectivity index (χ2v) is 1.78. The van der Waals surface area contributed by atoms with E-state index < -0.39 is 6.10 Å². The summed E-state index contributed by atoms with van der Waals surface area (Å²) in [5.41, 5.74) is 0. The lowest BCUT2D eigenvalue weighted by molar-refractivity contribution is 0.192. The van der Waals surface area contributed by atoms with Crippen LogP contribution < -0.4 is 0 Å². The third kappa shape index (κ3) is 1.81. The highest BCUT2D eigenvalue weighted by molar-refractivity contribution is 4.66. The van der Waals surface area contributed by atoms with Crippen molar-refractivity contribution in [3.8, 4) is 0 Å². The Morgan fingerprint density at radius 1 is 1.78 bits per heavy atom. The van der Waals surface area contributed by atoms with Crippen molar-refractivity contribution in [3.05, 3.63) is 19.3 Å². The molecule has 1 N–H and O–H groups in total. The molecule has 0 saturated carbocycles. The maximum Gasteiger partial charge on any atom is 0.0737 e. The lowest BCUT2D eigenvalue weighted by atomic mass is 10.4. The van der Waals surface area contributed by atoms with Gasteiger partial charge in [-0.25, -0.2) is 4.68 Å². The maximum atomic E-state index is 8.72. The Kier molecular flexibility index (Phi) is 1.79. The first kappa shape index (κ1) is 6.22. The van der Waals surface area contributed by atoms with Crippen LogP contribution in [-0.4, -0.2) is 26.2 Å². The normalized spacial score (nSPS) is 13.6. The van der Waals surface area contributed by atoms with E-state index in [-0.39, 0.29) is 0 Å². The zero-order chi connectivity index (χ0) is 6.69. The lowest BCUT2D eigenvalue weighted by Crippen LogP contribution is -2.12. The molecule has 49 valence electrons. The second kappa shape index (κ2) is 2.59. The highest BCUT2D eigenvalue weighted by atomic mass is 16.3. The van der Waals surface area contributed by atoms with Crippen molar-refractivity contribution in [1.29, 1.82) is 0 Å². The summed E-state index contributed by atoms with van der Waals surface area (Å²) in [6, 6.07) is 0. The molecule has 0 aromatic carbocycles. The van der Waals surface area contributed by atoms with E-state index in [9.17, 15) is 0 Å². The predicted molar refractivity (Wildman–Crippen MR) is 31.4 cm³/mol. The molecule has 0 bridgehead atoms. The molecule has 4 heteroatoms. The SMILES string of the molecule is [CH2]C(O)Cn1ccnn1. The monoisotopic (exact) mass is 126 g/mol. The summed E-state index contributed by atoms with van der Waals surface area (Å²) in [5.74, 6) is 0. The van der Waals surface area contributed by atoms with E-state index in [1.807, 2.05) is 0 Å². The van der Waals surface area contributed by atoms with E-state index in [1.54, 1.807) is 12.4 Å². The van der Waals surface area contributed by atoms with E-state index in [0.29, 0.717) is 6.54 Å². The van der Waals surface area contributed by atoms with Gasteiger partial charge in [0.2, 0.25) is 0 Å². The van der Waals surface area contributed by atoms with Crippen LogP contribution in [0, 0.1) is 6.92 Å². The van der Waals surface area contributed by atoms with Crippen LogP contribution in [-0.2, 0) is 6.54 Å². The van der Waals surface area contributed by atoms with Crippen LogP contribution in [0.2, 0.25) is 0 Å². The van der Waals surface area contributed by atoms with Crippen LogP contribution >= 0.6 is 0 Å². The van der Waals surface area contributed by atoms with Gasteiger partial charge in [0.25, 0.3) is 0 Å². The minimum absolute atomic E-state index is 0.403. The predicted octanol–water partition coefficient (Wildman–Crippen LogP) is -0.527. The fourth-order valence-corrected chi connectivity index (χ4v) is 0.546. The number of nitrogens with zero attached hydrogens (tertiary/aromatic N) is 3. The molecule has 9 heavy (non-hydrogen) atoms. The second-order valence-electron chi connectivity index (χ2n) is 1.78. The first-order valence-corrected chi connectivity index (χ1v) is 2.64. The van der Waals surface area contributed by atoms with E-state index in [2.05, 4.69) is 17.2 Å². The van der Waals surface area contributed by atoms with Crippen LogP contribution in [0.4, 0.5) is 0 Å². The number of aliphatic hydroxyl groups is 1. The Hall–Kier alpha value is -0.900. The van der Waals surface area contributed by atoms with E-state index in [1.165, 1.54) is 4.68 Å². The van der Waals surface area contributed by atoms with Gasteiger partial charge in [-0.05, 0) is 6.92 Å². The van der Waals surface area contributed by atoms with E-state index in [4.69, 9.17) is 5.11 Å². The zero-order valence-electron chi connectivity index (χ0n) is 4.94. The molecule has 1 heterocycles.